The number of hydrogen-bond acceptors (Lipinski definition) is 5. The second kappa shape index (κ2) is 58.9. The molecule has 0 N–H and O–H groups in total. The van der Waals surface area contributed by atoms with Crippen LogP contribution in [0.4, 0.5) is 0 Å². The third-order valence-corrected chi connectivity index (χ3v) is 13.0. The van der Waals surface area contributed by atoms with Crippen molar-refractivity contribution in [1.82, 2.24) is 0 Å². The van der Waals surface area contributed by atoms with Crippen LogP contribution in [0, 0.1) is 0 Å². The number of ether oxygens (including phenoxy) is 3. The summed E-state index contributed by atoms with van der Waals surface area (Å²) in [6, 6.07) is 0. The minimum absolute atomic E-state index is 0.0778. The van der Waals surface area contributed by atoms with Gasteiger partial charge in [0.1, 0.15) is 6.61 Å². The number of carbonyl (C=O) groups is 2. The Morgan fingerprint density at radius 3 is 1.01 bits per heavy atom. The first-order chi connectivity index (χ1) is 33.6. The summed E-state index contributed by atoms with van der Waals surface area (Å²) in [6.45, 7) is 7.79. The van der Waals surface area contributed by atoms with Crippen molar-refractivity contribution in [3.05, 3.63) is 60.8 Å². The van der Waals surface area contributed by atoms with Gasteiger partial charge in [0.15, 0.2) is 6.10 Å². The van der Waals surface area contributed by atoms with Crippen LogP contribution in [0.1, 0.15) is 303 Å². The van der Waals surface area contributed by atoms with Crippen LogP contribution in [0.25, 0.3) is 0 Å². The summed E-state index contributed by atoms with van der Waals surface area (Å²) in [5.41, 5.74) is 0. The fourth-order valence-electron chi connectivity index (χ4n) is 8.55. The van der Waals surface area contributed by atoms with Crippen LogP contribution in [0.3, 0.4) is 0 Å². The summed E-state index contributed by atoms with van der Waals surface area (Å²) < 4.78 is 17.5. The first-order valence-corrected chi connectivity index (χ1v) is 29.8. The van der Waals surface area contributed by atoms with E-state index in [-0.39, 0.29) is 25.2 Å². The van der Waals surface area contributed by atoms with Crippen LogP contribution in [0.5, 0.6) is 0 Å². The van der Waals surface area contributed by atoms with E-state index in [1.165, 1.54) is 199 Å². The lowest BCUT2D eigenvalue weighted by Crippen LogP contribution is -2.30. The van der Waals surface area contributed by atoms with Gasteiger partial charge in [-0.3, -0.25) is 9.59 Å². The van der Waals surface area contributed by atoms with Gasteiger partial charge >= 0.3 is 11.9 Å². The maximum atomic E-state index is 12.9. The van der Waals surface area contributed by atoms with Crippen molar-refractivity contribution in [2.75, 3.05) is 19.8 Å². The molecule has 0 radical (unpaired) electrons. The van der Waals surface area contributed by atoms with Crippen LogP contribution in [0.15, 0.2) is 60.8 Å². The van der Waals surface area contributed by atoms with Gasteiger partial charge in [0.2, 0.25) is 0 Å². The summed E-state index contributed by atoms with van der Waals surface area (Å²) in [7, 11) is 0. The molecule has 0 bridgehead atoms. The predicted molar refractivity (Wildman–Crippen MR) is 298 cm³/mol. The van der Waals surface area contributed by atoms with E-state index in [2.05, 4.69) is 81.5 Å². The van der Waals surface area contributed by atoms with Crippen molar-refractivity contribution in [3.8, 4) is 0 Å². The van der Waals surface area contributed by atoms with Gasteiger partial charge in [0.05, 0.1) is 6.61 Å². The third kappa shape index (κ3) is 56.2. The minimum atomic E-state index is -0.549. The first kappa shape index (κ1) is 65.6. The van der Waals surface area contributed by atoms with E-state index in [0.717, 1.165) is 70.6 Å². The summed E-state index contributed by atoms with van der Waals surface area (Å²) in [5.74, 6) is -0.405. The van der Waals surface area contributed by atoms with Gasteiger partial charge in [-0.15, -0.1) is 0 Å². The van der Waals surface area contributed by atoms with Crippen molar-refractivity contribution in [2.24, 2.45) is 0 Å². The van der Waals surface area contributed by atoms with Crippen molar-refractivity contribution < 1.29 is 23.8 Å². The van der Waals surface area contributed by atoms with Crippen molar-refractivity contribution in [2.45, 2.75) is 309 Å². The lowest BCUT2D eigenvalue weighted by atomic mass is 10.0. The molecule has 0 aliphatic rings. The van der Waals surface area contributed by atoms with E-state index in [9.17, 15) is 9.59 Å². The van der Waals surface area contributed by atoms with Crippen LogP contribution in [-0.4, -0.2) is 37.9 Å². The third-order valence-electron chi connectivity index (χ3n) is 13.0. The molecule has 0 heterocycles. The SMILES string of the molecule is CCCCC/C=C\C/C=C\C/C=C\CCCCCCCCCOCC(COC(=O)CCCCCCCCCCCCCCCCCCC)OC(=O)CCCCCCC/C=C\C/C=C\CCCCC. The smallest absolute Gasteiger partial charge is 0.306 e. The largest absolute Gasteiger partial charge is 0.462 e. The zero-order valence-corrected chi connectivity index (χ0v) is 45.6. The Labute approximate surface area is 424 Å². The van der Waals surface area contributed by atoms with Crippen molar-refractivity contribution >= 4 is 11.9 Å². The highest BCUT2D eigenvalue weighted by Crippen LogP contribution is 2.16. The molecule has 0 rings (SSSR count). The molecule has 0 aliphatic carbocycles. The van der Waals surface area contributed by atoms with Gasteiger partial charge < -0.3 is 14.2 Å². The predicted octanol–water partition coefficient (Wildman–Crippen LogP) is 20.5. The molecule has 5 nitrogen and oxygen atoms in total. The number of hydrogen-bond donors (Lipinski definition) is 0. The molecule has 0 aromatic heterocycles. The Bertz CT molecular complexity index is 1170. The van der Waals surface area contributed by atoms with Crippen LogP contribution in [0.2, 0.25) is 0 Å². The molecule has 68 heavy (non-hydrogen) atoms. The quantitative estimate of drug-likeness (QED) is 0.0345. The standard InChI is InChI=1S/C63H114O5/c1-4-7-10-13-16-19-22-25-28-30-31-32-34-37-40-43-46-49-52-55-58-66-59-61(68-63(65)57-54-51-48-45-42-39-35-27-24-21-18-15-12-9-6-3)60-67-62(64)56-53-50-47-44-41-38-36-33-29-26-23-20-17-14-11-8-5-2/h16,18-19,21,25,27-28,31-32,35,61H,4-15,17,20,22-24,26,29-30,33-34,36-60H2,1-3H3/b19-16-,21-18-,28-25-,32-31-,35-27-. The van der Waals surface area contributed by atoms with Gasteiger partial charge in [-0.05, 0) is 89.9 Å². The van der Waals surface area contributed by atoms with E-state index >= 15 is 0 Å². The topological polar surface area (TPSA) is 61.8 Å². The number of unbranched alkanes of at least 4 members (excludes halogenated alkanes) is 34. The van der Waals surface area contributed by atoms with E-state index in [1.807, 2.05) is 0 Å². The fourth-order valence-corrected chi connectivity index (χ4v) is 8.55. The maximum absolute atomic E-state index is 12.9. The lowest BCUT2D eigenvalue weighted by Gasteiger charge is -2.18. The van der Waals surface area contributed by atoms with Gasteiger partial charge in [-0.25, -0.2) is 0 Å². The van der Waals surface area contributed by atoms with E-state index in [1.54, 1.807) is 0 Å². The number of allylic oxidation sites excluding steroid dienone is 10. The highest BCUT2D eigenvalue weighted by Gasteiger charge is 2.17. The molecule has 0 aliphatic heterocycles. The average Bonchev–Trinajstić information content (AvgIpc) is 3.34. The average molecular weight is 952 g/mol. The van der Waals surface area contributed by atoms with Gasteiger partial charge in [-0.2, -0.15) is 0 Å². The van der Waals surface area contributed by atoms with Crippen LogP contribution >= 0.6 is 0 Å². The first-order valence-electron chi connectivity index (χ1n) is 29.8. The van der Waals surface area contributed by atoms with E-state index in [0.29, 0.717) is 19.4 Å². The Balaban J connectivity index is 4.28. The monoisotopic (exact) mass is 951 g/mol. The summed E-state index contributed by atoms with van der Waals surface area (Å²) in [4.78, 5) is 25.5. The molecule has 0 spiro atoms. The molecule has 1 atom stereocenters. The highest BCUT2D eigenvalue weighted by molar-refractivity contribution is 5.70. The van der Waals surface area contributed by atoms with Gasteiger partial charge in [0.25, 0.3) is 0 Å². The highest BCUT2D eigenvalue weighted by atomic mass is 16.6. The van der Waals surface area contributed by atoms with Crippen molar-refractivity contribution in [3.63, 3.8) is 0 Å². The number of esters is 2. The molecule has 0 fully saturated rings. The van der Waals surface area contributed by atoms with E-state index in [4.69, 9.17) is 14.2 Å². The molecule has 0 saturated carbocycles. The van der Waals surface area contributed by atoms with Crippen LogP contribution in [-0.2, 0) is 23.8 Å². The molecule has 0 saturated heterocycles. The van der Waals surface area contributed by atoms with Gasteiger partial charge in [0, 0.05) is 19.4 Å². The minimum Gasteiger partial charge on any atom is -0.462 e. The summed E-state index contributed by atoms with van der Waals surface area (Å²) in [5, 5.41) is 0. The Hall–Kier alpha value is -2.40. The zero-order chi connectivity index (χ0) is 49.2. The molecule has 396 valence electrons. The molecule has 0 aromatic carbocycles. The molecule has 0 amide bonds. The van der Waals surface area contributed by atoms with E-state index < -0.39 is 6.10 Å². The molecular weight excluding hydrogens is 837 g/mol. The lowest BCUT2D eigenvalue weighted by molar-refractivity contribution is -0.163. The number of rotatable bonds is 55. The molecule has 0 aromatic rings. The summed E-state index contributed by atoms with van der Waals surface area (Å²) >= 11 is 0. The van der Waals surface area contributed by atoms with Crippen molar-refractivity contribution in [1.29, 1.82) is 0 Å². The second-order valence-corrected chi connectivity index (χ2v) is 19.9. The second-order valence-electron chi connectivity index (χ2n) is 19.9. The van der Waals surface area contributed by atoms with Gasteiger partial charge in [-0.1, -0.05) is 261 Å². The summed E-state index contributed by atoms with van der Waals surface area (Å²) in [6.07, 6.45) is 75.3. The Morgan fingerprint density at radius 1 is 0.324 bits per heavy atom. The normalized spacial score (nSPS) is 12.6. The Kier molecular flexibility index (Phi) is 56.8. The Morgan fingerprint density at radius 2 is 0.618 bits per heavy atom. The fraction of sp³-hybridized carbons (Fsp3) is 0.810. The molecule has 5 heteroatoms. The maximum Gasteiger partial charge on any atom is 0.306 e. The molecular formula is C63H114O5. The zero-order valence-electron chi connectivity index (χ0n) is 45.6. The van der Waals surface area contributed by atoms with Crippen LogP contribution < -0.4 is 0 Å². The molecule has 1 unspecified atom stereocenters. The number of carbonyl (C=O) groups excluding carboxylic acids is 2.